The molecule has 290 valence electrons. The summed E-state index contributed by atoms with van der Waals surface area (Å²) >= 11 is 1.95. The number of benzene rings is 10. The van der Waals surface area contributed by atoms with Crippen LogP contribution in [0.2, 0.25) is 0 Å². The molecule has 0 saturated heterocycles. The predicted molar refractivity (Wildman–Crippen MR) is 269 cm³/mol. The summed E-state index contributed by atoms with van der Waals surface area (Å²) in [5, 5.41) is 12.9. The number of allylic oxidation sites excluding steroid dienone is 4. The zero-order valence-corrected chi connectivity index (χ0v) is 34.8. The van der Waals surface area contributed by atoms with Crippen molar-refractivity contribution in [3.8, 4) is 39.1 Å². The molecule has 1 aliphatic carbocycles. The van der Waals surface area contributed by atoms with Crippen molar-refractivity contribution in [1.82, 2.24) is 4.57 Å². The molecule has 0 atom stereocenters. The van der Waals surface area contributed by atoms with Gasteiger partial charge in [0.25, 0.3) is 0 Å². The van der Waals surface area contributed by atoms with Crippen LogP contribution in [-0.2, 0) is 0 Å². The number of para-hydroxylation sites is 1. The highest BCUT2D eigenvalue weighted by Gasteiger charge is 2.21. The van der Waals surface area contributed by atoms with E-state index in [2.05, 4.69) is 217 Å². The third-order valence-corrected chi connectivity index (χ3v) is 14.5. The number of nitrogens with zero attached hydrogens (tertiary/aromatic N) is 1. The van der Waals surface area contributed by atoms with Crippen LogP contribution in [0, 0.1) is 0 Å². The molecule has 0 bridgehead atoms. The highest BCUT2D eigenvalue weighted by atomic mass is 32.1. The largest absolute Gasteiger partial charge is 0.309 e. The van der Waals surface area contributed by atoms with Gasteiger partial charge in [-0.05, 0) is 139 Å². The highest BCUT2D eigenvalue weighted by Crippen LogP contribution is 2.48. The zero-order chi connectivity index (χ0) is 40.7. The number of rotatable bonds is 5. The predicted octanol–water partition coefficient (Wildman–Crippen LogP) is 17.3. The summed E-state index contributed by atoms with van der Waals surface area (Å²) in [7, 11) is 0. The molecule has 0 aliphatic heterocycles. The Balaban J connectivity index is 1.06. The lowest BCUT2D eigenvalue weighted by atomic mass is 9.91. The van der Waals surface area contributed by atoms with E-state index in [1.165, 1.54) is 125 Å². The minimum atomic E-state index is 1.05. The minimum absolute atomic E-state index is 1.05. The molecular formula is C60H39NS. The van der Waals surface area contributed by atoms with E-state index in [1.807, 2.05) is 11.3 Å². The average Bonchev–Trinajstić information content (AvgIpc) is 3.90. The third kappa shape index (κ3) is 5.47. The second-order valence-electron chi connectivity index (χ2n) is 16.7. The van der Waals surface area contributed by atoms with E-state index in [1.54, 1.807) is 0 Å². The minimum Gasteiger partial charge on any atom is -0.309 e. The molecule has 10 aromatic carbocycles. The van der Waals surface area contributed by atoms with Crippen molar-refractivity contribution in [3.05, 3.63) is 218 Å². The molecule has 62 heavy (non-hydrogen) atoms. The maximum atomic E-state index is 2.47. The van der Waals surface area contributed by atoms with E-state index in [9.17, 15) is 0 Å². The maximum absolute atomic E-state index is 2.47. The standard InChI is InChI=1S/C60H39NS/c1-4-16-38(17-5-1)42-33-51(40-20-8-3-9-21-40)59-55(35-42)56-36-43(39-18-6-2-7-19-39)34-52(60(56)62-59)41-28-31-58-54(32-41)50-26-14-15-27-57(50)61(58)44-29-30-49-47-24-11-10-22-45(47)46-23-12-13-25-48(46)53(49)37-44/h1-8,10-20,22-37H,9,21H2. The summed E-state index contributed by atoms with van der Waals surface area (Å²) in [6.07, 6.45) is 8.97. The van der Waals surface area contributed by atoms with Gasteiger partial charge in [-0.2, -0.15) is 0 Å². The number of hydrogen-bond donors (Lipinski definition) is 0. The van der Waals surface area contributed by atoms with Gasteiger partial charge >= 0.3 is 0 Å². The summed E-state index contributed by atoms with van der Waals surface area (Å²) < 4.78 is 5.16. The van der Waals surface area contributed by atoms with Crippen LogP contribution >= 0.6 is 11.3 Å². The molecule has 12 aromatic rings. The van der Waals surface area contributed by atoms with E-state index in [4.69, 9.17) is 0 Å². The Morgan fingerprint density at radius 2 is 0.887 bits per heavy atom. The molecule has 0 amide bonds. The van der Waals surface area contributed by atoms with E-state index in [-0.39, 0.29) is 0 Å². The van der Waals surface area contributed by atoms with E-state index in [0.717, 1.165) is 12.8 Å². The monoisotopic (exact) mass is 805 g/mol. The first kappa shape index (κ1) is 35.3. The molecule has 1 nitrogen and oxygen atoms in total. The van der Waals surface area contributed by atoms with Crippen molar-refractivity contribution < 1.29 is 0 Å². The lowest BCUT2D eigenvalue weighted by molar-refractivity contribution is 1.06. The molecule has 2 heterocycles. The average molecular weight is 806 g/mol. The van der Waals surface area contributed by atoms with Crippen LogP contribution < -0.4 is 0 Å². The lowest BCUT2D eigenvalue weighted by Crippen LogP contribution is -1.94. The quantitative estimate of drug-likeness (QED) is 0.153. The third-order valence-electron chi connectivity index (χ3n) is 13.2. The van der Waals surface area contributed by atoms with Crippen molar-refractivity contribution in [2.75, 3.05) is 0 Å². The van der Waals surface area contributed by atoms with Gasteiger partial charge < -0.3 is 4.57 Å². The highest BCUT2D eigenvalue weighted by molar-refractivity contribution is 7.26. The fraction of sp³-hybridized carbons (Fsp3) is 0.0333. The summed E-state index contributed by atoms with van der Waals surface area (Å²) in [5.41, 5.74) is 13.8. The van der Waals surface area contributed by atoms with Gasteiger partial charge in [0.05, 0.1) is 11.0 Å². The van der Waals surface area contributed by atoms with E-state index >= 15 is 0 Å². The molecule has 13 rings (SSSR count). The van der Waals surface area contributed by atoms with Crippen molar-refractivity contribution in [2.24, 2.45) is 0 Å². The van der Waals surface area contributed by atoms with Gasteiger partial charge in [0.2, 0.25) is 0 Å². The molecular weight excluding hydrogens is 767 g/mol. The van der Waals surface area contributed by atoms with Crippen molar-refractivity contribution in [3.63, 3.8) is 0 Å². The van der Waals surface area contributed by atoms with Gasteiger partial charge in [-0.15, -0.1) is 11.3 Å². The number of aromatic nitrogens is 1. The topological polar surface area (TPSA) is 4.93 Å². The van der Waals surface area contributed by atoms with Crippen LogP contribution in [0.5, 0.6) is 0 Å². The van der Waals surface area contributed by atoms with E-state index in [0.29, 0.717) is 0 Å². The first-order valence-electron chi connectivity index (χ1n) is 21.6. The van der Waals surface area contributed by atoms with Crippen LogP contribution in [-0.4, -0.2) is 4.57 Å². The number of hydrogen-bond acceptors (Lipinski definition) is 1. The van der Waals surface area contributed by atoms with Crippen LogP contribution in [0.15, 0.2) is 212 Å². The Bertz CT molecular complexity index is 3810. The smallest absolute Gasteiger partial charge is 0.0541 e. The zero-order valence-electron chi connectivity index (χ0n) is 34.0. The van der Waals surface area contributed by atoms with Gasteiger partial charge in [-0.3, -0.25) is 0 Å². The summed E-state index contributed by atoms with van der Waals surface area (Å²) in [4.78, 5) is 0. The summed E-state index contributed by atoms with van der Waals surface area (Å²) in [6.45, 7) is 0. The summed E-state index contributed by atoms with van der Waals surface area (Å²) in [6, 6.07) is 72.4. The Labute approximate surface area is 363 Å². The fourth-order valence-corrected chi connectivity index (χ4v) is 11.7. The van der Waals surface area contributed by atoms with Crippen molar-refractivity contribution in [2.45, 2.75) is 12.8 Å². The molecule has 2 heteroatoms. The summed E-state index contributed by atoms with van der Waals surface area (Å²) in [5.74, 6) is 0. The first-order valence-corrected chi connectivity index (χ1v) is 22.5. The van der Waals surface area contributed by atoms with Crippen molar-refractivity contribution >= 4 is 91.2 Å². The second kappa shape index (κ2) is 14.0. The Kier molecular flexibility index (Phi) is 7.98. The van der Waals surface area contributed by atoms with Crippen molar-refractivity contribution in [1.29, 1.82) is 0 Å². The van der Waals surface area contributed by atoms with Crippen LogP contribution in [0.25, 0.3) is 119 Å². The Morgan fingerprint density at radius 1 is 0.355 bits per heavy atom. The van der Waals surface area contributed by atoms with E-state index < -0.39 is 0 Å². The fourth-order valence-electron chi connectivity index (χ4n) is 10.3. The van der Waals surface area contributed by atoms with Gasteiger partial charge in [0, 0.05) is 42.2 Å². The Hall–Kier alpha value is -7.52. The molecule has 0 saturated carbocycles. The molecule has 0 unspecified atom stereocenters. The molecule has 0 fully saturated rings. The SMILES string of the molecule is C1=CCCC(c2cc(-c3ccccc3)cc3c2sc2c(-c4ccc5c(c4)c4ccccc4n5-c4ccc5c6ccccc6c6ccccc6c5c4)cc(-c4ccccc4)cc23)=C1. The number of thiophene rings is 1. The van der Waals surface area contributed by atoms with Crippen LogP contribution in [0.1, 0.15) is 18.4 Å². The normalized spacial score (nSPS) is 13.1. The molecule has 0 radical (unpaired) electrons. The number of fused-ring (bicyclic) bond motifs is 12. The van der Waals surface area contributed by atoms with Gasteiger partial charge in [-0.25, -0.2) is 0 Å². The molecule has 0 N–H and O–H groups in total. The second-order valence-corrected chi connectivity index (χ2v) is 17.7. The lowest BCUT2D eigenvalue weighted by Gasteiger charge is -2.14. The molecule has 2 aromatic heterocycles. The maximum Gasteiger partial charge on any atom is 0.0541 e. The van der Waals surface area contributed by atoms with Crippen LogP contribution in [0.4, 0.5) is 0 Å². The Morgan fingerprint density at radius 3 is 1.53 bits per heavy atom. The van der Waals surface area contributed by atoms with Gasteiger partial charge in [-0.1, -0.05) is 158 Å². The van der Waals surface area contributed by atoms with Gasteiger partial charge in [0.1, 0.15) is 0 Å². The van der Waals surface area contributed by atoms with Crippen LogP contribution in [0.3, 0.4) is 0 Å². The first-order chi connectivity index (χ1) is 30.7. The molecule has 0 spiro atoms. The van der Waals surface area contributed by atoms with Gasteiger partial charge in [0.15, 0.2) is 0 Å². The molecule has 1 aliphatic rings.